The molecule has 5 saturated carbocycles. The van der Waals surface area contributed by atoms with E-state index in [1.807, 2.05) is 13.3 Å². The zero-order valence-corrected chi connectivity index (χ0v) is 18.1. The van der Waals surface area contributed by atoms with Crippen LogP contribution in [0.25, 0.3) is 0 Å². The standard InChI is InChI=1S/C26H35N3O/c1-28-12-11-23-18-13-25(20-5-3-2-4-6-20)14-19(23)16-26(15-18,17-25)24(30)29-22-9-7-21(27)8-10-22/h2-6,11-12,18-19,21-22H,7-10,13-17,27H2,1H3,(H,29,30)/b23-11?,28-12+/t18?,19?,21-,22-,25?,26?. The van der Waals surface area contributed by atoms with Gasteiger partial charge in [0.1, 0.15) is 0 Å². The lowest BCUT2D eigenvalue weighted by atomic mass is 9.41. The first-order chi connectivity index (χ1) is 14.5. The van der Waals surface area contributed by atoms with Gasteiger partial charge in [-0.3, -0.25) is 9.79 Å². The molecular formula is C26H35N3O. The van der Waals surface area contributed by atoms with Crippen LogP contribution in [-0.2, 0) is 10.2 Å². The van der Waals surface area contributed by atoms with Crippen LogP contribution in [0.5, 0.6) is 0 Å². The van der Waals surface area contributed by atoms with Gasteiger partial charge in [0.2, 0.25) is 5.91 Å². The van der Waals surface area contributed by atoms with E-state index < -0.39 is 0 Å². The second-order valence-corrected chi connectivity index (χ2v) is 10.5. The molecule has 5 fully saturated rings. The molecule has 5 aliphatic rings. The third kappa shape index (κ3) is 3.33. The molecule has 4 heteroatoms. The lowest BCUT2D eigenvalue weighted by molar-refractivity contribution is -0.145. The molecule has 4 nitrogen and oxygen atoms in total. The quantitative estimate of drug-likeness (QED) is 0.739. The zero-order chi connectivity index (χ0) is 20.8. The van der Waals surface area contributed by atoms with Crippen LogP contribution in [-0.4, -0.2) is 31.3 Å². The fourth-order valence-corrected chi connectivity index (χ4v) is 7.37. The Morgan fingerprint density at radius 1 is 1.07 bits per heavy atom. The number of benzene rings is 1. The fraction of sp³-hybridized carbons (Fsp3) is 0.615. The predicted octanol–water partition coefficient (Wildman–Crippen LogP) is 4.15. The Hall–Kier alpha value is -1.94. The van der Waals surface area contributed by atoms with Crippen LogP contribution in [0.1, 0.15) is 63.4 Å². The minimum Gasteiger partial charge on any atom is -0.353 e. The maximum atomic E-state index is 13.8. The maximum Gasteiger partial charge on any atom is 0.226 e. The highest BCUT2D eigenvalue weighted by atomic mass is 16.2. The normalized spacial score (nSPS) is 40.0. The number of hydrogen-bond acceptors (Lipinski definition) is 3. The van der Waals surface area contributed by atoms with Gasteiger partial charge in [-0.05, 0) is 86.7 Å². The second-order valence-electron chi connectivity index (χ2n) is 10.5. The van der Waals surface area contributed by atoms with Crippen LogP contribution in [0.4, 0.5) is 0 Å². The summed E-state index contributed by atoms with van der Waals surface area (Å²) >= 11 is 0. The molecule has 0 heterocycles. The van der Waals surface area contributed by atoms with Crippen LogP contribution in [0.3, 0.4) is 0 Å². The Balaban J connectivity index is 1.45. The van der Waals surface area contributed by atoms with Crippen molar-refractivity contribution < 1.29 is 4.79 Å². The largest absolute Gasteiger partial charge is 0.353 e. The second kappa shape index (κ2) is 7.64. The summed E-state index contributed by atoms with van der Waals surface area (Å²) in [4.78, 5) is 18.0. The molecule has 4 bridgehead atoms. The molecule has 5 aliphatic carbocycles. The van der Waals surface area contributed by atoms with Gasteiger partial charge in [-0.2, -0.15) is 0 Å². The summed E-state index contributed by atoms with van der Waals surface area (Å²) in [6.45, 7) is 0. The van der Waals surface area contributed by atoms with Crippen molar-refractivity contribution in [3.05, 3.63) is 47.5 Å². The Labute approximate surface area is 180 Å². The molecular weight excluding hydrogens is 370 g/mol. The molecule has 30 heavy (non-hydrogen) atoms. The topological polar surface area (TPSA) is 67.5 Å². The Bertz CT molecular complexity index is 832. The Morgan fingerprint density at radius 2 is 1.73 bits per heavy atom. The summed E-state index contributed by atoms with van der Waals surface area (Å²) in [5.74, 6) is 1.31. The van der Waals surface area contributed by atoms with Crippen LogP contribution in [0, 0.1) is 17.3 Å². The molecule has 2 unspecified atom stereocenters. The molecule has 2 atom stereocenters. The van der Waals surface area contributed by atoms with Gasteiger partial charge < -0.3 is 11.1 Å². The first-order valence-corrected chi connectivity index (χ1v) is 11.8. The molecule has 0 aliphatic heterocycles. The van der Waals surface area contributed by atoms with Gasteiger partial charge in [-0.1, -0.05) is 35.9 Å². The maximum absolute atomic E-state index is 13.8. The van der Waals surface area contributed by atoms with Gasteiger partial charge in [0.05, 0.1) is 5.41 Å². The fourth-order valence-electron chi connectivity index (χ4n) is 7.37. The summed E-state index contributed by atoms with van der Waals surface area (Å²) in [6.07, 6.45) is 13.7. The number of nitrogens with two attached hydrogens (primary N) is 1. The minimum absolute atomic E-state index is 0.139. The van der Waals surface area contributed by atoms with E-state index in [2.05, 4.69) is 46.7 Å². The van der Waals surface area contributed by atoms with Gasteiger partial charge in [-0.25, -0.2) is 0 Å². The first-order valence-electron chi connectivity index (χ1n) is 11.8. The van der Waals surface area contributed by atoms with Gasteiger partial charge in [0.25, 0.3) is 0 Å². The lowest BCUT2D eigenvalue weighted by Crippen LogP contribution is -2.61. The van der Waals surface area contributed by atoms with Crippen LogP contribution in [0.2, 0.25) is 0 Å². The van der Waals surface area contributed by atoms with E-state index in [0.29, 0.717) is 29.8 Å². The van der Waals surface area contributed by atoms with Gasteiger partial charge in [-0.15, -0.1) is 0 Å². The molecule has 0 aromatic heterocycles. The highest BCUT2D eigenvalue weighted by Crippen LogP contribution is 2.67. The molecule has 1 aromatic rings. The Morgan fingerprint density at radius 3 is 2.37 bits per heavy atom. The predicted molar refractivity (Wildman–Crippen MR) is 121 cm³/mol. The van der Waals surface area contributed by atoms with E-state index in [9.17, 15) is 4.79 Å². The SMILES string of the molecule is C/N=C/C=C1C2CC3(C(=O)N[C@H]4CC[C@H](N)CC4)CC1CC(c1ccccc1)(C2)C3. The first kappa shape index (κ1) is 20.0. The number of aliphatic imine (C=N–C) groups is 1. The van der Waals surface area contributed by atoms with E-state index in [1.54, 1.807) is 5.57 Å². The molecule has 160 valence electrons. The third-order valence-electron chi connectivity index (χ3n) is 8.56. The molecule has 1 aromatic carbocycles. The van der Waals surface area contributed by atoms with Gasteiger partial charge in [0.15, 0.2) is 0 Å². The number of amides is 1. The summed E-state index contributed by atoms with van der Waals surface area (Å²) < 4.78 is 0. The minimum atomic E-state index is -0.220. The number of nitrogens with one attached hydrogen (secondary N) is 1. The van der Waals surface area contributed by atoms with E-state index >= 15 is 0 Å². The smallest absolute Gasteiger partial charge is 0.226 e. The molecule has 0 spiro atoms. The number of hydrogen-bond donors (Lipinski definition) is 2. The number of carbonyl (C=O) groups is 1. The average Bonchev–Trinajstić information content (AvgIpc) is 2.75. The van der Waals surface area contributed by atoms with E-state index in [1.165, 1.54) is 18.4 Å². The Kier molecular flexibility index (Phi) is 5.09. The average molecular weight is 406 g/mol. The van der Waals surface area contributed by atoms with Crippen molar-refractivity contribution in [1.82, 2.24) is 5.32 Å². The van der Waals surface area contributed by atoms with Crippen LogP contribution in [0.15, 0.2) is 47.0 Å². The van der Waals surface area contributed by atoms with Crippen molar-refractivity contribution in [2.24, 2.45) is 28.0 Å². The van der Waals surface area contributed by atoms with E-state index in [0.717, 1.165) is 44.9 Å². The zero-order valence-electron chi connectivity index (χ0n) is 18.1. The molecule has 0 radical (unpaired) electrons. The molecule has 1 amide bonds. The summed E-state index contributed by atoms with van der Waals surface area (Å²) in [5.41, 5.74) is 8.97. The molecule has 6 rings (SSSR count). The summed E-state index contributed by atoms with van der Waals surface area (Å²) in [7, 11) is 1.84. The van der Waals surface area contributed by atoms with Crippen LogP contribution < -0.4 is 11.1 Å². The summed E-state index contributed by atoms with van der Waals surface area (Å²) in [5, 5.41) is 3.48. The summed E-state index contributed by atoms with van der Waals surface area (Å²) in [6, 6.07) is 11.6. The highest BCUT2D eigenvalue weighted by molar-refractivity contribution is 5.84. The monoisotopic (exact) mass is 405 g/mol. The number of allylic oxidation sites excluding steroid dienone is 2. The van der Waals surface area contributed by atoms with Crippen LogP contribution >= 0.6 is 0 Å². The lowest BCUT2D eigenvalue weighted by Gasteiger charge is -2.62. The van der Waals surface area contributed by atoms with Crippen molar-refractivity contribution in [3.8, 4) is 0 Å². The third-order valence-corrected chi connectivity index (χ3v) is 8.56. The molecule has 3 N–H and O–H groups in total. The van der Waals surface area contributed by atoms with E-state index in [4.69, 9.17) is 5.73 Å². The number of nitrogens with zero attached hydrogens (tertiary/aromatic N) is 1. The van der Waals surface area contributed by atoms with Crippen molar-refractivity contribution in [1.29, 1.82) is 0 Å². The van der Waals surface area contributed by atoms with E-state index in [-0.39, 0.29) is 10.8 Å². The number of carbonyl (C=O) groups excluding carboxylic acids is 1. The van der Waals surface area contributed by atoms with Crippen molar-refractivity contribution >= 4 is 12.1 Å². The van der Waals surface area contributed by atoms with Crippen molar-refractivity contribution in [3.63, 3.8) is 0 Å². The molecule has 0 saturated heterocycles. The van der Waals surface area contributed by atoms with Crippen molar-refractivity contribution in [2.75, 3.05) is 7.05 Å². The van der Waals surface area contributed by atoms with Crippen molar-refractivity contribution in [2.45, 2.75) is 75.3 Å². The van der Waals surface area contributed by atoms with Gasteiger partial charge in [0, 0.05) is 25.3 Å². The highest BCUT2D eigenvalue weighted by Gasteiger charge is 2.62. The number of rotatable bonds is 4. The van der Waals surface area contributed by atoms with Gasteiger partial charge >= 0.3 is 0 Å².